The van der Waals surface area contributed by atoms with Gasteiger partial charge in [-0.25, -0.2) is 0 Å². The lowest BCUT2D eigenvalue weighted by atomic mass is 10.0. The molecule has 0 N–H and O–H groups in total. The highest BCUT2D eigenvalue weighted by molar-refractivity contribution is 7.11. The molecule has 0 atom stereocenters. The minimum absolute atomic E-state index is 0.0591. The maximum absolute atomic E-state index is 11.0. The maximum atomic E-state index is 11.0. The van der Waals surface area contributed by atoms with Crippen LogP contribution >= 0.6 is 11.3 Å². The highest BCUT2D eigenvalue weighted by Gasteiger charge is 1.98. The summed E-state index contributed by atoms with van der Waals surface area (Å²) in [6.07, 6.45) is 7.55. The van der Waals surface area contributed by atoms with Crippen molar-refractivity contribution in [3.8, 4) is 0 Å². The van der Waals surface area contributed by atoms with Crippen LogP contribution in [0.4, 0.5) is 0 Å². The third-order valence-electron chi connectivity index (χ3n) is 3.11. The number of aryl methyl sites for hydroxylation is 1. The van der Waals surface area contributed by atoms with Crippen LogP contribution in [-0.2, 0) is 4.79 Å². The van der Waals surface area contributed by atoms with Gasteiger partial charge in [-0.15, -0.1) is 11.3 Å². The second-order valence-corrected chi connectivity index (χ2v) is 5.84. The number of ketones is 1. The molecule has 1 aromatic heterocycles. The normalized spacial score (nSPS) is 11.3. The van der Waals surface area contributed by atoms with Gasteiger partial charge in [0.1, 0.15) is 0 Å². The van der Waals surface area contributed by atoms with E-state index in [1.54, 1.807) is 24.3 Å². The lowest BCUT2D eigenvalue weighted by molar-refractivity contribution is -0.112. The first-order chi connectivity index (χ1) is 10.1. The highest BCUT2D eigenvalue weighted by atomic mass is 32.1. The largest absolute Gasteiger partial charge is 0.295 e. The fraction of sp³-hybridized carbons (Fsp3) is 0.105. The Balaban J connectivity index is 2.14. The van der Waals surface area contributed by atoms with Crippen molar-refractivity contribution in [2.45, 2.75) is 13.8 Å². The minimum Gasteiger partial charge on any atom is -0.295 e. The van der Waals surface area contributed by atoms with Crippen LogP contribution in [-0.4, -0.2) is 5.78 Å². The topological polar surface area (TPSA) is 17.1 Å². The lowest BCUT2D eigenvalue weighted by Crippen LogP contribution is -1.84. The van der Waals surface area contributed by atoms with E-state index in [4.69, 9.17) is 0 Å². The molecule has 106 valence electrons. The van der Waals surface area contributed by atoms with Crippen molar-refractivity contribution in [3.05, 3.63) is 76.0 Å². The Hall–Kier alpha value is -2.19. The second kappa shape index (κ2) is 7.00. The molecule has 2 rings (SSSR count). The molecule has 1 aromatic carbocycles. The Morgan fingerprint density at radius 1 is 1.19 bits per heavy atom. The zero-order valence-electron chi connectivity index (χ0n) is 12.3. The van der Waals surface area contributed by atoms with Crippen molar-refractivity contribution < 1.29 is 4.79 Å². The van der Waals surface area contributed by atoms with Gasteiger partial charge in [0.25, 0.3) is 0 Å². The van der Waals surface area contributed by atoms with Crippen LogP contribution in [0.3, 0.4) is 0 Å². The molecule has 2 heteroatoms. The van der Waals surface area contributed by atoms with Crippen LogP contribution in [0, 0.1) is 6.92 Å². The van der Waals surface area contributed by atoms with Gasteiger partial charge in [0.05, 0.1) is 0 Å². The Morgan fingerprint density at radius 2 is 2.00 bits per heavy atom. The summed E-state index contributed by atoms with van der Waals surface area (Å²) in [6.45, 7) is 7.70. The van der Waals surface area contributed by atoms with E-state index in [2.05, 4.69) is 43.2 Å². The van der Waals surface area contributed by atoms with Crippen molar-refractivity contribution in [3.63, 3.8) is 0 Å². The molecule has 0 aliphatic carbocycles. The smallest absolute Gasteiger partial charge is 0.152 e. The first-order valence-electron chi connectivity index (χ1n) is 6.76. The van der Waals surface area contributed by atoms with E-state index in [-0.39, 0.29) is 5.78 Å². The number of hydrogen-bond donors (Lipinski definition) is 0. The van der Waals surface area contributed by atoms with Gasteiger partial charge in [0, 0.05) is 4.88 Å². The summed E-state index contributed by atoms with van der Waals surface area (Å²) in [5.41, 5.74) is 4.39. The Labute approximate surface area is 130 Å². The number of carbonyl (C=O) groups is 1. The molecule has 0 amide bonds. The molecular weight excluding hydrogens is 276 g/mol. The predicted octanol–water partition coefficient (Wildman–Crippen LogP) is 5.39. The van der Waals surface area contributed by atoms with Gasteiger partial charge in [0.2, 0.25) is 0 Å². The summed E-state index contributed by atoms with van der Waals surface area (Å²) < 4.78 is 0. The van der Waals surface area contributed by atoms with E-state index in [1.165, 1.54) is 10.4 Å². The van der Waals surface area contributed by atoms with E-state index in [1.807, 2.05) is 24.3 Å². The molecule has 0 unspecified atom stereocenters. The van der Waals surface area contributed by atoms with Crippen molar-refractivity contribution in [2.75, 3.05) is 0 Å². The number of carbonyl (C=O) groups excluding carboxylic acids is 1. The van der Waals surface area contributed by atoms with Crippen LogP contribution < -0.4 is 0 Å². The van der Waals surface area contributed by atoms with Gasteiger partial charge in [-0.2, -0.15) is 0 Å². The van der Waals surface area contributed by atoms with Gasteiger partial charge < -0.3 is 0 Å². The van der Waals surface area contributed by atoms with E-state index >= 15 is 0 Å². The molecule has 0 bridgehead atoms. The zero-order chi connectivity index (χ0) is 15.2. The molecule has 0 fully saturated rings. The quantitative estimate of drug-likeness (QED) is 0.534. The van der Waals surface area contributed by atoms with Gasteiger partial charge >= 0.3 is 0 Å². The lowest BCUT2D eigenvalue weighted by Gasteiger charge is -2.03. The van der Waals surface area contributed by atoms with Gasteiger partial charge in [-0.05, 0) is 53.6 Å². The highest BCUT2D eigenvalue weighted by Crippen LogP contribution is 2.21. The standard InChI is InChI=1S/C19H18OS/c1-14(19-5-4-12-21-19)6-10-18-11-9-17(13-15(18)2)8-7-16(3)20/h4-13H,1H2,2-3H3/b8-7+,10-6+. The van der Waals surface area contributed by atoms with E-state index in [0.29, 0.717) is 0 Å². The summed E-state index contributed by atoms with van der Waals surface area (Å²) in [5, 5.41) is 2.05. The summed E-state index contributed by atoms with van der Waals surface area (Å²) in [6, 6.07) is 10.3. The average molecular weight is 294 g/mol. The van der Waals surface area contributed by atoms with Crippen molar-refractivity contribution in [1.82, 2.24) is 0 Å². The molecule has 0 radical (unpaired) electrons. The number of allylic oxidation sites excluding steroid dienone is 3. The third kappa shape index (κ3) is 4.40. The van der Waals surface area contributed by atoms with E-state index in [9.17, 15) is 4.79 Å². The molecule has 2 aromatic rings. The Kier molecular flexibility index (Phi) is 5.07. The van der Waals surface area contributed by atoms with Gasteiger partial charge in [-0.3, -0.25) is 4.79 Å². The van der Waals surface area contributed by atoms with Crippen LogP contribution in [0.15, 0.2) is 54.4 Å². The van der Waals surface area contributed by atoms with Gasteiger partial charge in [0.15, 0.2) is 5.78 Å². The van der Waals surface area contributed by atoms with Crippen LogP contribution in [0.25, 0.3) is 17.7 Å². The van der Waals surface area contributed by atoms with Crippen LogP contribution in [0.1, 0.15) is 28.5 Å². The van der Waals surface area contributed by atoms with Crippen molar-refractivity contribution in [1.29, 1.82) is 0 Å². The molecule has 0 saturated carbocycles. The molecule has 0 saturated heterocycles. The van der Waals surface area contributed by atoms with Crippen LogP contribution in [0.5, 0.6) is 0 Å². The fourth-order valence-electron chi connectivity index (χ4n) is 1.94. The summed E-state index contributed by atoms with van der Waals surface area (Å²) in [7, 11) is 0. The molecule has 1 heterocycles. The van der Waals surface area contributed by atoms with Crippen LogP contribution in [0.2, 0.25) is 0 Å². The minimum atomic E-state index is 0.0591. The van der Waals surface area contributed by atoms with E-state index < -0.39 is 0 Å². The second-order valence-electron chi connectivity index (χ2n) is 4.90. The molecule has 21 heavy (non-hydrogen) atoms. The summed E-state index contributed by atoms with van der Waals surface area (Å²) >= 11 is 1.69. The SMILES string of the molecule is C=C(/C=C/c1ccc(/C=C/C(C)=O)cc1C)c1cccs1. The number of benzene rings is 1. The molecule has 1 nitrogen and oxygen atoms in total. The molecule has 0 aliphatic rings. The van der Waals surface area contributed by atoms with Crippen molar-refractivity contribution in [2.24, 2.45) is 0 Å². The first-order valence-corrected chi connectivity index (χ1v) is 7.64. The molecule has 0 aliphatic heterocycles. The van der Waals surface area contributed by atoms with E-state index in [0.717, 1.165) is 16.7 Å². The predicted molar refractivity (Wildman–Crippen MR) is 93.3 cm³/mol. The number of thiophene rings is 1. The zero-order valence-corrected chi connectivity index (χ0v) is 13.1. The number of hydrogen-bond acceptors (Lipinski definition) is 2. The summed E-state index contributed by atoms with van der Waals surface area (Å²) in [5.74, 6) is 0.0591. The third-order valence-corrected chi connectivity index (χ3v) is 4.05. The Morgan fingerprint density at radius 3 is 2.62 bits per heavy atom. The fourth-order valence-corrected chi connectivity index (χ4v) is 2.62. The summed E-state index contributed by atoms with van der Waals surface area (Å²) in [4.78, 5) is 12.1. The average Bonchev–Trinajstić information content (AvgIpc) is 2.98. The Bertz CT molecular complexity index is 703. The monoisotopic (exact) mass is 294 g/mol. The van der Waals surface area contributed by atoms with Gasteiger partial charge in [-0.1, -0.05) is 49.1 Å². The first kappa shape index (κ1) is 15.2. The number of rotatable bonds is 5. The molecular formula is C19H18OS. The maximum Gasteiger partial charge on any atom is 0.152 e. The molecule has 0 spiro atoms. The van der Waals surface area contributed by atoms with Crippen molar-refractivity contribution >= 4 is 34.8 Å².